The summed E-state index contributed by atoms with van der Waals surface area (Å²) in [5.74, 6) is -1.26. The third-order valence-corrected chi connectivity index (χ3v) is 3.77. The van der Waals surface area contributed by atoms with Crippen LogP contribution in [0.2, 0.25) is 0 Å². The highest BCUT2D eigenvalue weighted by molar-refractivity contribution is 7.84. The fourth-order valence-corrected chi connectivity index (χ4v) is 2.68. The Balaban J connectivity index is 0.000000501. The number of halogens is 2. The van der Waals surface area contributed by atoms with Crippen molar-refractivity contribution >= 4 is 18.3 Å². The van der Waals surface area contributed by atoms with Crippen LogP contribution in [0.1, 0.15) is 26.3 Å². The van der Waals surface area contributed by atoms with Crippen molar-refractivity contribution in [1.82, 2.24) is 10.6 Å². The summed E-state index contributed by atoms with van der Waals surface area (Å²) >= 11 is 4.16. The van der Waals surface area contributed by atoms with Gasteiger partial charge in [0.05, 0.1) is 25.4 Å². The molecule has 4 N–H and O–H groups in total. The molecule has 31 heavy (non-hydrogen) atoms. The number of hydrogen-bond acceptors (Lipinski definition) is 5. The lowest BCUT2D eigenvalue weighted by molar-refractivity contribution is 0.109. The zero-order valence-electron chi connectivity index (χ0n) is 18.7. The molecule has 1 aromatic carbocycles. The summed E-state index contributed by atoms with van der Waals surface area (Å²) in [4.78, 5) is 0.949. The summed E-state index contributed by atoms with van der Waals surface area (Å²) in [5.41, 5.74) is 7.20. The number of allylic oxidation sites excluding steroid dienone is 6. The molecular weight excluding hydrogens is 416 g/mol. The lowest BCUT2D eigenvalue weighted by atomic mass is 10.1. The number of rotatable bonds is 6. The van der Waals surface area contributed by atoms with Crippen molar-refractivity contribution in [2.24, 2.45) is 5.73 Å². The summed E-state index contributed by atoms with van der Waals surface area (Å²) < 4.78 is 32.0. The van der Waals surface area contributed by atoms with Gasteiger partial charge in [0.25, 0.3) is 0 Å². The van der Waals surface area contributed by atoms with Gasteiger partial charge in [-0.15, -0.1) is 12.6 Å². The van der Waals surface area contributed by atoms with E-state index in [0.717, 1.165) is 36.8 Å². The molecular formula is C24H35F2N3OS. The zero-order chi connectivity index (χ0) is 23.6. The van der Waals surface area contributed by atoms with Crippen LogP contribution in [-0.2, 0) is 4.74 Å². The van der Waals surface area contributed by atoms with E-state index in [1.54, 1.807) is 13.0 Å². The minimum Gasteiger partial charge on any atom is -0.379 e. The van der Waals surface area contributed by atoms with E-state index in [4.69, 9.17) is 10.5 Å². The van der Waals surface area contributed by atoms with E-state index in [2.05, 4.69) is 36.4 Å². The molecule has 0 radical (unpaired) electrons. The number of hydrogen-bond donors (Lipinski definition) is 4. The molecule has 2 rings (SSSR count). The quantitative estimate of drug-likeness (QED) is 0.281. The van der Waals surface area contributed by atoms with E-state index in [1.165, 1.54) is 18.2 Å². The van der Waals surface area contributed by atoms with Crippen LogP contribution >= 0.6 is 12.6 Å². The topological polar surface area (TPSA) is 59.3 Å². The first-order valence-electron chi connectivity index (χ1n) is 9.95. The fourth-order valence-electron chi connectivity index (χ4n) is 2.31. The fraction of sp³-hybridized carbons (Fsp3) is 0.333. The van der Waals surface area contributed by atoms with Gasteiger partial charge in [0.1, 0.15) is 11.6 Å². The Hall–Kier alpha value is -2.19. The SMILES string of the molecule is C1COCCN1.C=C(C)/C=C(S)\C=C/C.C=C(C)/C=C(\NCN)c1c(F)cccc1F. The zero-order valence-corrected chi connectivity index (χ0v) is 19.6. The lowest BCUT2D eigenvalue weighted by Gasteiger charge is -2.11. The maximum Gasteiger partial charge on any atom is 0.135 e. The summed E-state index contributed by atoms with van der Waals surface area (Å²) in [6.45, 7) is 16.9. The number of nitrogens with one attached hydrogen (secondary N) is 2. The Morgan fingerprint density at radius 1 is 1.16 bits per heavy atom. The minimum absolute atomic E-state index is 0.0902. The molecule has 1 fully saturated rings. The van der Waals surface area contributed by atoms with Crippen molar-refractivity contribution in [3.63, 3.8) is 0 Å². The highest BCUT2D eigenvalue weighted by Gasteiger charge is 2.12. The average Bonchev–Trinajstić information content (AvgIpc) is 2.69. The molecule has 0 unspecified atom stereocenters. The summed E-state index contributed by atoms with van der Waals surface area (Å²) in [6.07, 6.45) is 7.34. The smallest absolute Gasteiger partial charge is 0.135 e. The molecule has 0 atom stereocenters. The van der Waals surface area contributed by atoms with Gasteiger partial charge in [0.15, 0.2) is 0 Å². The van der Waals surface area contributed by atoms with Gasteiger partial charge < -0.3 is 21.1 Å². The molecule has 172 valence electrons. The average molecular weight is 452 g/mol. The van der Waals surface area contributed by atoms with Crippen LogP contribution in [0.25, 0.3) is 5.70 Å². The van der Waals surface area contributed by atoms with Crippen molar-refractivity contribution < 1.29 is 13.5 Å². The van der Waals surface area contributed by atoms with Gasteiger partial charge in [-0.2, -0.15) is 0 Å². The molecule has 0 spiro atoms. The van der Waals surface area contributed by atoms with E-state index in [9.17, 15) is 8.78 Å². The summed E-state index contributed by atoms with van der Waals surface area (Å²) in [7, 11) is 0. The monoisotopic (exact) mass is 451 g/mol. The number of benzene rings is 1. The third-order valence-electron chi connectivity index (χ3n) is 3.49. The van der Waals surface area contributed by atoms with Gasteiger partial charge in [0, 0.05) is 23.7 Å². The Morgan fingerprint density at radius 2 is 1.71 bits per heavy atom. The van der Waals surface area contributed by atoms with Gasteiger partial charge >= 0.3 is 0 Å². The van der Waals surface area contributed by atoms with E-state index < -0.39 is 11.6 Å². The van der Waals surface area contributed by atoms with Crippen molar-refractivity contribution in [3.05, 3.63) is 88.9 Å². The van der Waals surface area contributed by atoms with Crippen LogP contribution in [0.15, 0.2) is 71.7 Å². The molecule has 1 aliphatic rings. The molecule has 1 aliphatic heterocycles. The largest absolute Gasteiger partial charge is 0.379 e. The second-order valence-electron chi connectivity index (χ2n) is 6.66. The van der Waals surface area contributed by atoms with Crippen LogP contribution in [0.4, 0.5) is 8.78 Å². The maximum absolute atomic E-state index is 13.5. The highest BCUT2D eigenvalue weighted by Crippen LogP contribution is 2.20. The van der Waals surface area contributed by atoms with Crippen molar-refractivity contribution in [2.45, 2.75) is 20.8 Å². The molecule has 0 amide bonds. The molecule has 0 aromatic heterocycles. The summed E-state index contributed by atoms with van der Waals surface area (Å²) in [6, 6.07) is 3.71. The normalized spacial score (nSPS) is 14.2. The van der Waals surface area contributed by atoms with Gasteiger partial charge in [-0.25, -0.2) is 8.78 Å². The van der Waals surface area contributed by atoms with Crippen LogP contribution in [0.3, 0.4) is 0 Å². The van der Waals surface area contributed by atoms with Gasteiger partial charge in [0.2, 0.25) is 0 Å². The van der Waals surface area contributed by atoms with Gasteiger partial charge in [-0.1, -0.05) is 42.5 Å². The Kier molecular flexibility index (Phi) is 16.3. The Labute approximate surface area is 191 Å². The van der Waals surface area contributed by atoms with Crippen LogP contribution < -0.4 is 16.4 Å². The Morgan fingerprint density at radius 3 is 2.06 bits per heavy atom. The molecule has 7 heteroatoms. The molecule has 1 aromatic rings. The van der Waals surface area contributed by atoms with E-state index in [1.807, 2.05) is 32.1 Å². The van der Waals surface area contributed by atoms with Crippen molar-refractivity contribution in [1.29, 1.82) is 0 Å². The van der Waals surface area contributed by atoms with E-state index in [0.29, 0.717) is 11.3 Å². The molecule has 1 saturated heterocycles. The number of morpholine rings is 1. The molecule has 0 bridgehead atoms. The van der Waals surface area contributed by atoms with E-state index >= 15 is 0 Å². The lowest BCUT2D eigenvalue weighted by Crippen LogP contribution is -2.30. The predicted molar refractivity (Wildman–Crippen MR) is 132 cm³/mol. The minimum atomic E-state index is -0.631. The van der Waals surface area contributed by atoms with Gasteiger partial charge in [-0.05, 0) is 45.1 Å². The van der Waals surface area contributed by atoms with Crippen LogP contribution in [0.5, 0.6) is 0 Å². The Bertz CT molecular complexity index is 753. The number of ether oxygens (including phenoxy) is 1. The summed E-state index contributed by atoms with van der Waals surface area (Å²) in [5, 5.41) is 5.87. The van der Waals surface area contributed by atoms with Gasteiger partial charge in [-0.3, -0.25) is 0 Å². The maximum atomic E-state index is 13.5. The van der Waals surface area contributed by atoms with E-state index in [-0.39, 0.29) is 12.2 Å². The predicted octanol–water partition coefficient (Wildman–Crippen LogP) is 4.95. The highest BCUT2D eigenvalue weighted by atomic mass is 32.1. The van der Waals surface area contributed by atoms with Crippen LogP contribution in [-0.4, -0.2) is 33.0 Å². The molecule has 4 nitrogen and oxygen atoms in total. The molecule has 0 saturated carbocycles. The molecule has 1 heterocycles. The second-order valence-corrected chi connectivity index (χ2v) is 7.18. The third kappa shape index (κ3) is 14.4. The number of thiol groups is 1. The first-order chi connectivity index (χ1) is 14.7. The first-order valence-corrected chi connectivity index (χ1v) is 10.4. The first kappa shape index (κ1) is 28.8. The molecule has 0 aliphatic carbocycles. The van der Waals surface area contributed by atoms with Crippen LogP contribution in [0, 0.1) is 11.6 Å². The second kappa shape index (κ2) is 17.5. The van der Waals surface area contributed by atoms with Crippen molar-refractivity contribution in [2.75, 3.05) is 33.0 Å². The standard InChI is InChI=1S/C12H14F2N2.C8H12S.C4H9NO/c1-8(2)6-11(16-7-15)12-9(13)4-3-5-10(12)14;1-4-5-8(9)6-7(2)3;1-3-6-4-2-5-1/h3-6,16H,1,7,15H2,2H3;4-6,9H,2H2,1,3H3;5H,1-4H2/b11-6-;5-4-,8-6+;. The van der Waals surface area contributed by atoms with Crippen molar-refractivity contribution in [3.8, 4) is 0 Å². The number of nitrogens with two attached hydrogens (primary N) is 1.